The summed E-state index contributed by atoms with van der Waals surface area (Å²) < 4.78 is 18.5. The van der Waals surface area contributed by atoms with E-state index in [1.165, 1.54) is 11.7 Å². The quantitative estimate of drug-likeness (QED) is 0.493. The number of benzene rings is 2. The molecule has 0 bridgehead atoms. The second kappa shape index (κ2) is 9.34. The van der Waals surface area contributed by atoms with Crippen molar-refractivity contribution in [3.8, 4) is 22.8 Å². The Morgan fingerprint density at radius 2 is 1.69 bits per heavy atom. The Hall–Kier alpha value is -3.48. The van der Waals surface area contributed by atoms with Crippen molar-refractivity contribution in [2.24, 2.45) is 0 Å². The number of hydrogen-bond donors (Lipinski definition) is 0. The molecule has 3 aromatic rings. The summed E-state index contributed by atoms with van der Waals surface area (Å²) in [5, 5.41) is 0.859. The number of fused-ring (bicyclic) bond motifs is 1. The van der Waals surface area contributed by atoms with Gasteiger partial charge in [0, 0.05) is 24.0 Å². The summed E-state index contributed by atoms with van der Waals surface area (Å²) in [6.45, 7) is 10.2. The maximum atomic E-state index is 13.2. The van der Waals surface area contributed by atoms with Gasteiger partial charge in [-0.1, -0.05) is 24.3 Å². The molecule has 1 aromatic heterocycles. The maximum Gasteiger partial charge on any atom is 0.419 e. The molecule has 0 aliphatic carbocycles. The van der Waals surface area contributed by atoms with E-state index in [0.29, 0.717) is 35.6 Å². The van der Waals surface area contributed by atoms with Gasteiger partial charge in [0.15, 0.2) is 11.5 Å². The number of ether oxygens (including phenoxy) is 3. The fraction of sp³-hybridized carbons (Fsp3) is 0.360. The Morgan fingerprint density at radius 1 is 1.00 bits per heavy atom. The van der Waals surface area contributed by atoms with E-state index in [-0.39, 0.29) is 5.75 Å². The first kappa shape index (κ1) is 23.2. The number of para-hydroxylation sites is 2. The maximum absolute atomic E-state index is 13.2. The molecule has 0 N–H and O–H groups in total. The van der Waals surface area contributed by atoms with Gasteiger partial charge in [-0.2, -0.15) is 0 Å². The van der Waals surface area contributed by atoms with Crippen LogP contribution in [0.15, 0.2) is 48.5 Å². The van der Waals surface area contributed by atoms with Gasteiger partial charge in [-0.15, -0.1) is 0 Å². The van der Waals surface area contributed by atoms with Crippen LogP contribution in [-0.2, 0) is 4.74 Å². The van der Waals surface area contributed by atoms with Gasteiger partial charge >= 0.3 is 12.2 Å². The third kappa shape index (κ3) is 4.72. The van der Waals surface area contributed by atoms with E-state index >= 15 is 0 Å². The highest BCUT2D eigenvalue weighted by molar-refractivity contribution is 5.97. The van der Waals surface area contributed by atoms with Crippen LogP contribution >= 0.6 is 0 Å². The van der Waals surface area contributed by atoms with Gasteiger partial charge in [-0.05, 0) is 58.9 Å². The Bertz CT molecular complexity index is 1120. The topological polar surface area (TPSA) is 70.0 Å². The second-order valence-corrected chi connectivity index (χ2v) is 8.28. The molecule has 170 valence electrons. The average Bonchev–Trinajstić information content (AvgIpc) is 3.13. The summed E-state index contributed by atoms with van der Waals surface area (Å²) in [6.07, 6.45) is -1.00. The molecule has 1 heterocycles. The molecule has 0 fully saturated rings. The van der Waals surface area contributed by atoms with Gasteiger partial charge in [0.25, 0.3) is 0 Å². The predicted octanol–water partition coefficient (Wildman–Crippen LogP) is 5.94. The van der Waals surface area contributed by atoms with Gasteiger partial charge in [-0.25, -0.2) is 14.2 Å². The molecule has 0 radical (unpaired) electrons. The lowest BCUT2D eigenvalue weighted by Crippen LogP contribution is -2.33. The summed E-state index contributed by atoms with van der Waals surface area (Å²) in [7, 11) is 1.51. The van der Waals surface area contributed by atoms with E-state index in [1.54, 1.807) is 23.1 Å². The smallest absolute Gasteiger partial charge is 0.419 e. The van der Waals surface area contributed by atoms with E-state index in [1.807, 2.05) is 65.0 Å². The Labute approximate surface area is 188 Å². The highest BCUT2D eigenvalue weighted by Crippen LogP contribution is 2.40. The van der Waals surface area contributed by atoms with Crippen LogP contribution in [0.5, 0.6) is 11.5 Å². The number of methoxy groups -OCH3 is 1. The van der Waals surface area contributed by atoms with Crippen molar-refractivity contribution >= 4 is 23.1 Å². The molecule has 32 heavy (non-hydrogen) atoms. The van der Waals surface area contributed by atoms with Crippen LogP contribution in [0.3, 0.4) is 0 Å². The van der Waals surface area contributed by atoms with Gasteiger partial charge in [0.1, 0.15) is 5.60 Å². The first-order valence-electron chi connectivity index (χ1n) is 10.7. The number of carbonyl (C=O) groups is 2. The molecule has 0 aliphatic rings. The van der Waals surface area contributed by atoms with Crippen LogP contribution in [0.2, 0.25) is 0 Å². The molecule has 2 aromatic carbocycles. The standard InChI is InChI=1S/C25H30N2O5/c1-7-26(8-2)23(28)31-22-18(13-11-15-21(22)30-6)20-16-17-12-9-10-14-19(17)27(20)24(29)32-25(3,4)5/h9-16H,7-8H2,1-6H3. The fourth-order valence-corrected chi connectivity index (χ4v) is 3.47. The lowest BCUT2D eigenvalue weighted by molar-refractivity contribution is 0.0547. The lowest BCUT2D eigenvalue weighted by atomic mass is 10.1. The van der Waals surface area contributed by atoms with E-state index in [9.17, 15) is 9.59 Å². The first-order chi connectivity index (χ1) is 15.2. The lowest BCUT2D eigenvalue weighted by Gasteiger charge is -2.22. The van der Waals surface area contributed by atoms with Crippen LogP contribution in [0.25, 0.3) is 22.2 Å². The van der Waals surface area contributed by atoms with Crippen molar-refractivity contribution in [3.05, 3.63) is 48.5 Å². The number of amides is 1. The molecule has 0 aliphatic heterocycles. The summed E-state index contributed by atoms with van der Waals surface area (Å²) in [5.41, 5.74) is 1.11. The predicted molar refractivity (Wildman–Crippen MR) is 125 cm³/mol. The molecular formula is C25H30N2O5. The molecule has 0 atom stereocenters. The van der Waals surface area contributed by atoms with Gasteiger partial charge < -0.3 is 19.1 Å². The molecule has 1 amide bonds. The molecule has 0 unspecified atom stereocenters. The Morgan fingerprint density at radius 3 is 2.31 bits per heavy atom. The zero-order valence-electron chi connectivity index (χ0n) is 19.5. The zero-order chi connectivity index (χ0) is 23.5. The van der Waals surface area contributed by atoms with Gasteiger partial charge in [-0.3, -0.25) is 0 Å². The number of hydrogen-bond acceptors (Lipinski definition) is 5. The van der Waals surface area contributed by atoms with E-state index < -0.39 is 17.8 Å². The van der Waals surface area contributed by atoms with Crippen LogP contribution in [-0.4, -0.2) is 47.5 Å². The highest BCUT2D eigenvalue weighted by Gasteiger charge is 2.26. The summed E-state index contributed by atoms with van der Waals surface area (Å²) in [6, 6.07) is 14.7. The van der Waals surface area contributed by atoms with Crippen molar-refractivity contribution in [3.63, 3.8) is 0 Å². The largest absolute Gasteiger partial charge is 0.493 e. The molecule has 7 heteroatoms. The summed E-state index contributed by atoms with van der Waals surface area (Å²) >= 11 is 0. The minimum Gasteiger partial charge on any atom is -0.493 e. The summed E-state index contributed by atoms with van der Waals surface area (Å²) in [5.74, 6) is 0.642. The third-order valence-corrected chi connectivity index (χ3v) is 4.97. The van der Waals surface area contributed by atoms with Crippen LogP contribution < -0.4 is 9.47 Å². The number of carbonyl (C=O) groups excluding carboxylic acids is 2. The van der Waals surface area contributed by atoms with Crippen molar-refractivity contribution in [1.82, 2.24) is 9.47 Å². The Balaban J connectivity index is 2.22. The van der Waals surface area contributed by atoms with E-state index in [2.05, 4.69) is 0 Å². The van der Waals surface area contributed by atoms with Crippen molar-refractivity contribution in [1.29, 1.82) is 0 Å². The molecule has 3 rings (SSSR count). The highest BCUT2D eigenvalue weighted by atomic mass is 16.6. The molecule has 0 spiro atoms. The molecule has 0 saturated carbocycles. The molecular weight excluding hydrogens is 408 g/mol. The first-order valence-corrected chi connectivity index (χ1v) is 10.7. The van der Waals surface area contributed by atoms with Crippen molar-refractivity contribution < 1.29 is 23.8 Å². The van der Waals surface area contributed by atoms with Crippen LogP contribution in [0, 0.1) is 0 Å². The van der Waals surface area contributed by atoms with E-state index in [0.717, 1.165) is 5.39 Å². The van der Waals surface area contributed by atoms with Gasteiger partial charge in [0.05, 0.1) is 18.3 Å². The number of aromatic nitrogens is 1. The Kier molecular flexibility index (Phi) is 6.77. The second-order valence-electron chi connectivity index (χ2n) is 8.28. The fourth-order valence-electron chi connectivity index (χ4n) is 3.47. The summed E-state index contributed by atoms with van der Waals surface area (Å²) in [4.78, 5) is 27.5. The monoisotopic (exact) mass is 438 g/mol. The number of nitrogens with zero attached hydrogens (tertiary/aromatic N) is 2. The SMILES string of the molecule is CCN(CC)C(=O)Oc1c(OC)cccc1-c1cc2ccccc2n1C(=O)OC(C)(C)C. The minimum atomic E-state index is -0.674. The third-order valence-electron chi connectivity index (χ3n) is 4.97. The zero-order valence-corrected chi connectivity index (χ0v) is 19.5. The van der Waals surface area contributed by atoms with E-state index in [4.69, 9.17) is 14.2 Å². The average molecular weight is 439 g/mol. The minimum absolute atomic E-state index is 0.250. The van der Waals surface area contributed by atoms with Crippen molar-refractivity contribution in [2.45, 2.75) is 40.2 Å². The normalized spacial score (nSPS) is 11.3. The van der Waals surface area contributed by atoms with Gasteiger partial charge in [0.2, 0.25) is 0 Å². The number of rotatable bonds is 5. The van der Waals surface area contributed by atoms with Crippen LogP contribution in [0.4, 0.5) is 9.59 Å². The molecule has 7 nitrogen and oxygen atoms in total. The molecule has 0 saturated heterocycles. The van der Waals surface area contributed by atoms with Crippen molar-refractivity contribution in [2.75, 3.05) is 20.2 Å². The van der Waals surface area contributed by atoms with Crippen LogP contribution in [0.1, 0.15) is 34.6 Å².